The van der Waals surface area contributed by atoms with Gasteiger partial charge in [-0.2, -0.15) is 0 Å². The first-order valence-corrected chi connectivity index (χ1v) is 9.91. The summed E-state index contributed by atoms with van der Waals surface area (Å²) in [6.45, 7) is 1.98. The van der Waals surface area contributed by atoms with E-state index in [9.17, 15) is 9.59 Å². The van der Waals surface area contributed by atoms with Gasteiger partial charge in [0.1, 0.15) is 5.69 Å². The fraction of sp³-hybridized carbons (Fsp3) is 0.304. The summed E-state index contributed by atoms with van der Waals surface area (Å²) in [7, 11) is 0. The Morgan fingerprint density at radius 1 is 0.929 bits per heavy atom. The van der Waals surface area contributed by atoms with Crippen molar-refractivity contribution in [1.29, 1.82) is 0 Å². The number of carbonyl (C=O) groups excluding carboxylic acids is 2. The van der Waals surface area contributed by atoms with Crippen molar-refractivity contribution in [3.05, 3.63) is 65.4 Å². The number of hydrogen-bond acceptors (Lipinski definition) is 2. The maximum absolute atomic E-state index is 13.0. The number of nitrogens with one attached hydrogen (secondary N) is 3. The molecule has 3 aromatic rings. The fourth-order valence-electron chi connectivity index (χ4n) is 3.84. The van der Waals surface area contributed by atoms with Crippen molar-refractivity contribution in [3.63, 3.8) is 0 Å². The van der Waals surface area contributed by atoms with Gasteiger partial charge in [0.25, 0.3) is 11.8 Å². The zero-order valence-electron chi connectivity index (χ0n) is 16.0. The van der Waals surface area contributed by atoms with Crippen LogP contribution in [-0.2, 0) is 0 Å². The van der Waals surface area contributed by atoms with E-state index in [1.165, 1.54) is 6.42 Å². The first kappa shape index (κ1) is 18.3. The first-order valence-electron chi connectivity index (χ1n) is 9.91. The summed E-state index contributed by atoms with van der Waals surface area (Å²) in [6, 6.07) is 15.2. The predicted molar refractivity (Wildman–Crippen MR) is 112 cm³/mol. The Hall–Kier alpha value is -3.08. The molecule has 2 amide bonds. The number of carbonyl (C=O) groups is 2. The topological polar surface area (TPSA) is 74.0 Å². The van der Waals surface area contributed by atoms with Crippen LogP contribution in [0.2, 0.25) is 0 Å². The van der Waals surface area contributed by atoms with E-state index in [4.69, 9.17) is 0 Å². The van der Waals surface area contributed by atoms with E-state index in [-0.39, 0.29) is 17.9 Å². The lowest BCUT2D eigenvalue weighted by atomic mass is 9.95. The van der Waals surface area contributed by atoms with Gasteiger partial charge >= 0.3 is 0 Å². The lowest BCUT2D eigenvalue weighted by Crippen LogP contribution is -2.36. The number of aromatic nitrogens is 1. The van der Waals surface area contributed by atoms with Crippen molar-refractivity contribution < 1.29 is 9.59 Å². The van der Waals surface area contributed by atoms with Crippen LogP contribution in [0.3, 0.4) is 0 Å². The van der Waals surface area contributed by atoms with Crippen molar-refractivity contribution in [3.8, 4) is 0 Å². The van der Waals surface area contributed by atoms with Crippen LogP contribution in [0.5, 0.6) is 0 Å². The Morgan fingerprint density at radius 2 is 1.64 bits per heavy atom. The normalized spacial score (nSPS) is 14.8. The smallest absolute Gasteiger partial charge is 0.270 e. The van der Waals surface area contributed by atoms with Gasteiger partial charge in [0.05, 0.1) is 5.69 Å². The molecular formula is C23H25N3O2. The minimum absolute atomic E-state index is 0.165. The average Bonchev–Trinajstić information content (AvgIpc) is 3.08. The SMILES string of the molecule is Cc1ccc(C(=O)Nc2c(C(=O)NC3CCCCC3)[nH]c3ccccc23)cc1. The highest BCUT2D eigenvalue weighted by Crippen LogP contribution is 2.29. The van der Waals surface area contributed by atoms with Crippen molar-refractivity contribution in [2.45, 2.75) is 45.1 Å². The molecule has 1 fully saturated rings. The van der Waals surface area contributed by atoms with Crippen LogP contribution in [0.15, 0.2) is 48.5 Å². The molecule has 1 saturated carbocycles. The molecule has 5 nitrogen and oxygen atoms in total. The van der Waals surface area contributed by atoms with Crippen LogP contribution >= 0.6 is 0 Å². The summed E-state index contributed by atoms with van der Waals surface area (Å²) >= 11 is 0. The predicted octanol–water partition coefficient (Wildman–Crippen LogP) is 4.79. The molecule has 0 aliphatic heterocycles. The number of hydrogen-bond donors (Lipinski definition) is 3. The van der Waals surface area contributed by atoms with Crippen LogP contribution in [0.1, 0.15) is 58.5 Å². The minimum atomic E-state index is -0.225. The molecule has 1 aromatic heterocycles. The summed E-state index contributed by atoms with van der Waals surface area (Å²) in [4.78, 5) is 28.9. The number of amides is 2. The molecule has 2 aromatic carbocycles. The number of aromatic amines is 1. The van der Waals surface area contributed by atoms with E-state index in [0.29, 0.717) is 16.9 Å². The van der Waals surface area contributed by atoms with Gasteiger partial charge in [0.2, 0.25) is 0 Å². The summed E-state index contributed by atoms with van der Waals surface area (Å²) in [5, 5.41) is 6.92. The van der Waals surface area contributed by atoms with Gasteiger partial charge in [0, 0.05) is 22.5 Å². The van der Waals surface area contributed by atoms with Crippen LogP contribution in [0, 0.1) is 6.92 Å². The number of para-hydroxylation sites is 1. The van der Waals surface area contributed by atoms with Gasteiger partial charge in [-0.05, 0) is 38.0 Å². The monoisotopic (exact) mass is 375 g/mol. The summed E-state index contributed by atoms with van der Waals surface area (Å²) in [5.74, 6) is -0.390. The molecule has 0 bridgehead atoms. The van der Waals surface area contributed by atoms with Gasteiger partial charge in [-0.15, -0.1) is 0 Å². The van der Waals surface area contributed by atoms with E-state index < -0.39 is 0 Å². The number of anilines is 1. The van der Waals surface area contributed by atoms with Crippen molar-refractivity contribution in [2.24, 2.45) is 0 Å². The maximum atomic E-state index is 13.0. The second kappa shape index (κ2) is 7.89. The third kappa shape index (κ3) is 3.79. The molecular weight excluding hydrogens is 350 g/mol. The average molecular weight is 375 g/mol. The molecule has 1 heterocycles. The number of benzene rings is 2. The number of H-pyrrole nitrogens is 1. The summed E-state index contributed by atoms with van der Waals surface area (Å²) < 4.78 is 0. The van der Waals surface area contributed by atoms with E-state index in [1.807, 2.05) is 43.3 Å². The largest absolute Gasteiger partial charge is 0.349 e. The van der Waals surface area contributed by atoms with Crippen LogP contribution in [-0.4, -0.2) is 22.8 Å². The van der Waals surface area contributed by atoms with Gasteiger partial charge in [-0.1, -0.05) is 55.2 Å². The highest BCUT2D eigenvalue weighted by Gasteiger charge is 2.23. The Morgan fingerprint density at radius 3 is 2.39 bits per heavy atom. The molecule has 1 aliphatic rings. The van der Waals surface area contributed by atoms with Crippen molar-refractivity contribution >= 4 is 28.4 Å². The molecule has 0 atom stereocenters. The van der Waals surface area contributed by atoms with Crippen LogP contribution < -0.4 is 10.6 Å². The summed E-state index contributed by atoms with van der Waals surface area (Å²) in [6.07, 6.45) is 5.55. The van der Waals surface area contributed by atoms with Gasteiger partial charge < -0.3 is 15.6 Å². The Kier molecular flexibility index (Phi) is 5.15. The van der Waals surface area contributed by atoms with E-state index in [1.54, 1.807) is 12.1 Å². The quantitative estimate of drug-likeness (QED) is 0.613. The third-order valence-corrected chi connectivity index (χ3v) is 5.43. The minimum Gasteiger partial charge on any atom is -0.349 e. The van der Waals surface area contributed by atoms with Crippen LogP contribution in [0.25, 0.3) is 10.9 Å². The highest BCUT2D eigenvalue weighted by atomic mass is 16.2. The maximum Gasteiger partial charge on any atom is 0.270 e. The first-order chi connectivity index (χ1) is 13.6. The molecule has 3 N–H and O–H groups in total. The Labute approximate surface area is 164 Å². The molecule has 0 saturated heterocycles. The van der Waals surface area contributed by atoms with E-state index in [0.717, 1.165) is 42.1 Å². The van der Waals surface area contributed by atoms with Crippen LogP contribution in [0.4, 0.5) is 5.69 Å². The Bertz CT molecular complexity index is 998. The molecule has 28 heavy (non-hydrogen) atoms. The lowest BCUT2D eigenvalue weighted by molar-refractivity contribution is 0.0924. The lowest BCUT2D eigenvalue weighted by Gasteiger charge is -2.22. The summed E-state index contributed by atoms with van der Waals surface area (Å²) in [5.41, 5.74) is 3.43. The third-order valence-electron chi connectivity index (χ3n) is 5.43. The van der Waals surface area contributed by atoms with E-state index in [2.05, 4.69) is 15.6 Å². The van der Waals surface area contributed by atoms with Crippen molar-refractivity contribution in [2.75, 3.05) is 5.32 Å². The number of rotatable bonds is 4. The zero-order valence-corrected chi connectivity index (χ0v) is 16.0. The molecule has 0 spiro atoms. The van der Waals surface area contributed by atoms with Gasteiger partial charge in [0.15, 0.2) is 0 Å². The standard InChI is InChI=1S/C23H25N3O2/c1-15-11-13-16(14-12-15)22(27)26-20-18-9-5-6-10-19(18)25-21(20)23(28)24-17-7-3-2-4-8-17/h5-6,9-14,17,25H,2-4,7-8H2,1H3,(H,24,28)(H,26,27). The number of fused-ring (bicyclic) bond motifs is 1. The number of aryl methyl sites for hydroxylation is 1. The van der Waals surface area contributed by atoms with E-state index >= 15 is 0 Å². The second-order valence-corrected chi connectivity index (χ2v) is 7.55. The molecule has 0 radical (unpaired) electrons. The second-order valence-electron chi connectivity index (χ2n) is 7.55. The zero-order chi connectivity index (χ0) is 19.5. The molecule has 144 valence electrons. The molecule has 1 aliphatic carbocycles. The van der Waals surface area contributed by atoms with Gasteiger partial charge in [-0.3, -0.25) is 9.59 Å². The fourth-order valence-corrected chi connectivity index (χ4v) is 3.84. The molecule has 4 rings (SSSR count). The van der Waals surface area contributed by atoms with Crippen molar-refractivity contribution in [1.82, 2.24) is 10.3 Å². The molecule has 0 unspecified atom stereocenters. The van der Waals surface area contributed by atoms with Gasteiger partial charge in [-0.25, -0.2) is 0 Å². The highest BCUT2D eigenvalue weighted by molar-refractivity contribution is 6.15. The Balaban J connectivity index is 1.63. The molecule has 5 heteroatoms.